The lowest BCUT2D eigenvalue weighted by Gasteiger charge is -2.24. The first-order valence-electron chi connectivity index (χ1n) is 10.0. The molecule has 4 rings (SSSR count). The lowest BCUT2D eigenvalue weighted by Crippen LogP contribution is -2.37. The van der Waals surface area contributed by atoms with Gasteiger partial charge >= 0.3 is 5.97 Å². The number of fused-ring (bicyclic) bond motifs is 1. The van der Waals surface area contributed by atoms with E-state index in [4.69, 9.17) is 14.2 Å². The predicted molar refractivity (Wildman–Crippen MR) is 108 cm³/mol. The zero-order valence-electron chi connectivity index (χ0n) is 16.5. The van der Waals surface area contributed by atoms with Gasteiger partial charge in [0.05, 0.1) is 12.2 Å². The maximum absolute atomic E-state index is 12.7. The zero-order chi connectivity index (χ0) is 20.2. The molecule has 1 fully saturated rings. The number of esters is 1. The van der Waals surface area contributed by atoms with E-state index in [9.17, 15) is 9.59 Å². The quantitative estimate of drug-likeness (QED) is 0.784. The Bertz CT molecular complexity index is 904. The number of nitrogens with one attached hydrogen (secondary N) is 1. The lowest BCUT2D eigenvalue weighted by molar-refractivity contribution is -0.125. The number of carbonyl (C=O) groups is 2. The Balaban J connectivity index is 1.40. The fraction of sp³-hybridized carbons (Fsp3) is 0.391. The number of hydrogen-bond acceptors (Lipinski definition) is 5. The molecule has 0 aliphatic carbocycles. The number of aryl methyl sites for hydroxylation is 1. The summed E-state index contributed by atoms with van der Waals surface area (Å²) in [6, 6.07) is 12.8. The van der Waals surface area contributed by atoms with E-state index in [0.717, 1.165) is 42.9 Å². The van der Waals surface area contributed by atoms with E-state index in [2.05, 4.69) is 5.32 Å². The molecule has 1 N–H and O–H groups in total. The molecule has 1 atom stereocenters. The van der Waals surface area contributed by atoms with Crippen LogP contribution in [0.3, 0.4) is 0 Å². The second-order valence-corrected chi connectivity index (χ2v) is 7.59. The summed E-state index contributed by atoms with van der Waals surface area (Å²) in [4.78, 5) is 24.8. The van der Waals surface area contributed by atoms with Crippen molar-refractivity contribution >= 4 is 17.6 Å². The Morgan fingerprint density at radius 1 is 1.17 bits per heavy atom. The molecule has 0 radical (unpaired) electrons. The average molecular weight is 395 g/mol. The van der Waals surface area contributed by atoms with Crippen molar-refractivity contribution < 1.29 is 23.8 Å². The van der Waals surface area contributed by atoms with Crippen molar-refractivity contribution in [1.82, 2.24) is 0 Å². The highest BCUT2D eigenvalue weighted by atomic mass is 16.5. The second-order valence-electron chi connectivity index (χ2n) is 7.59. The SMILES string of the molecule is Cc1ccc(NC(=O)[C@@H]2Cc3ccccc3C(=O)O2)cc1OCC1CCOCC1. The third-order valence-corrected chi connectivity index (χ3v) is 5.46. The summed E-state index contributed by atoms with van der Waals surface area (Å²) in [5.74, 6) is 0.437. The van der Waals surface area contributed by atoms with Crippen molar-refractivity contribution in [3.63, 3.8) is 0 Å². The minimum Gasteiger partial charge on any atom is -0.493 e. The van der Waals surface area contributed by atoms with Crippen molar-refractivity contribution in [1.29, 1.82) is 0 Å². The van der Waals surface area contributed by atoms with E-state index in [1.165, 1.54) is 0 Å². The highest BCUT2D eigenvalue weighted by Crippen LogP contribution is 2.26. The van der Waals surface area contributed by atoms with Crippen LogP contribution in [0.25, 0.3) is 0 Å². The van der Waals surface area contributed by atoms with Gasteiger partial charge in [0.15, 0.2) is 6.10 Å². The molecule has 2 aliphatic heterocycles. The van der Waals surface area contributed by atoms with Gasteiger partial charge < -0.3 is 19.5 Å². The van der Waals surface area contributed by atoms with Gasteiger partial charge in [-0.3, -0.25) is 4.79 Å². The van der Waals surface area contributed by atoms with Crippen molar-refractivity contribution in [2.45, 2.75) is 32.3 Å². The highest BCUT2D eigenvalue weighted by Gasteiger charge is 2.31. The van der Waals surface area contributed by atoms with E-state index in [-0.39, 0.29) is 5.91 Å². The largest absolute Gasteiger partial charge is 0.493 e. The monoisotopic (exact) mass is 395 g/mol. The van der Waals surface area contributed by atoms with Crippen molar-refractivity contribution in [2.75, 3.05) is 25.1 Å². The van der Waals surface area contributed by atoms with Crippen LogP contribution in [-0.4, -0.2) is 37.8 Å². The molecule has 0 aromatic heterocycles. The van der Waals surface area contributed by atoms with Crippen LogP contribution in [-0.2, 0) is 20.7 Å². The summed E-state index contributed by atoms with van der Waals surface area (Å²) in [5.41, 5.74) is 2.98. The van der Waals surface area contributed by atoms with Gasteiger partial charge in [0.2, 0.25) is 0 Å². The Labute approximate surface area is 170 Å². The van der Waals surface area contributed by atoms with Crippen LogP contribution in [0.1, 0.15) is 34.3 Å². The molecule has 2 aliphatic rings. The van der Waals surface area contributed by atoms with Crippen LogP contribution in [0, 0.1) is 12.8 Å². The van der Waals surface area contributed by atoms with Crippen LogP contribution in [0.5, 0.6) is 5.75 Å². The first kappa shape index (κ1) is 19.5. The molecule has 0 bridgehead atoms. The third kappa shape index (κ3) is 4.59. The van der Waals surface area contributed by atoms with Crippen LogP contribution in [0.2, 0.25) is 0 Å². The molecule has 0 unspecified atom stereocenters. The molecule has 1 amide bonds. The van der Waals surface area contributed by atoms with Gasteiger partial charge in [0.25, 0.3) is 5.91 Å². The van der Waals surface area contributed by atoms with Crippen molar-refractivity contribution in [3.05, 3.63) is 59.2 Å². The molecular weight excluding hydrogens is 370 g/mol. The van der Waals surface area contributed by atoms with Crippen LogP contribution in [0.15, 0.2) is 42.5 Å². The molecular formula is C23H25NO5. The third-order valence-electron chi connectivity index (χ3n) is 5.46. The number of ether oxygens (including phenoxy) is 3. The number of cyclic esters (lactones) is 1. The Morgan fingerprint density at radius 3 is 2.79 bits per heavy atom. The minimum atomic E-state index is -0.842. The van der Waals surface area contributed by atoms with E-state index in [1.807, 2.05) is 37.3 Å². The van der Waals surface area contributed by atoms with Gasteiger partial charge in [-0.2, -0.15) is 0 Å². The average Bonchev–Trinajstić information content (AvgIpc) is 2.75. The Morgan fingerprint density at radius 2 is 1.97 bits per heavy atom. The number of anilines is 1. The minimum absolute atomic E-state index is 0.341. The van der Waals surface area contributed by atoms with Gasteiger partial charge in [-0.1, -0.05) is 24.3 Å². The summed E-state index contributed by atoms with van der Waals surface area (Å²) in [7, 11) is 0. The predicted octanol–water partition coefficient (Wildman–Crippen LogP) is 3.52. The van der Waals surface area contributed by atoms with E-state index in [0.29, 0.717) is 30.2 Å². The first-order chi connectivity index (χ1) is 14.1. The number of rotatable bonds is 5. The smallest absolute Gasteiger partial charge is 0.339 e. The molecule has 29 heavy (non-hydrogen) atoms. The highest BCUT2D eigenvalue weighted by molar-refractivity contribution is 6.00. The number of benzene rings is 2. The van der Waals surface area contributed by atoms with Gasteiger partial charge in [-0.25, -0.2) is 4.79 Å². The summed E-state index contributed by atoms with van der Waals surface area (Å²) in [5, 5.41) is 2.85. The summed E-state index contributed by atoms with van der Waals surface area (Å²) in [6.07, 6.45) is 1.53. The lowest BCUT2D eigenvalue weighted by atomic mass is 9.98. The summed E-state index contributed by atoms with van der Waals surface area (Å²) >= 11 is 0. The van der Waals surface area contributed by atoms with Gasteiger partial charge in [-0.05, 0) is 48.9 Å². The number of carbonyl (C=O) groups excluding carboxylic acids is 2. The van der Waals surface area contributed by atoms with E-state index >= 15 is 0 Å². The Kier molecular flexibility index (Phi) is 5.81. The van der Waals surface area contributed by atoms with Gasteiger partial charge in [-0.15, -0.1) is 0 Å². The summed E-state index contributed by atoms with van der Waals surface area (Å²) < 4.78 is 16.7. The molecule has 0 spiro atoms. The molecule has 1 saturated heterocycles. The maximum Gasteiger partial charge on any atom is 0.339 e. The second kappa shape index (κ2) is 8.66. The summed E-state index contributed by atoms with van der Waals surface area (Å²) in [6.45, 7) is 4.18. The molecule has 152 valence electrons. The fourth-order valence-electron chi connectivity index (χ4n) is 3.65. The molecule has 6 nitrogen and oxygen atoms in total. The Hall–Kier alpha value is -2.86. The molecule has 2 aromatic rings. The fourth-order valence-corrected chi connectivity index (χ4v) is 3.65. The molecule has 6 heteroatoms. The van der Waals surface area contributed by atoms with Gasteiger partial charge in [0, 0.05) is 31.4 Å². The van der Waals surface area contributed by atoms with Crippen LogP contribution >= 0.6 is 0 Å². The number of amides is 1. The van der Waals surface area contributed by atoms with Crippen molar-refractivity contribution in [3.8, 4) is 5.75 Å². The molecule has 2 heterocycles. The van der Waals surface area contributed by atoms with Gasteiger partial charge in [0.1, 0.15) is 5.75 Å². The number of hydrogen-bond donors (Lipinski definition) is 1. The first-order valence-corrected chi connectivity index (χ1v) is 10.0. The topological polar surface area (TPSA) is 73.9 Å². The zero-order valence-corrected chi connectivity index (χ0v) is 16.5. The van der Waals surface area contributed by atoms with E-state index < -0.39 is 12.1 Å². The maximum atomic E-state index is 12.7. The normalized spacial score (nSPS) is 19.2. The molecule has 2 aromatic carbocycles. The van der Waals surface area contributed by atoms with Crippen molar-refractivity contribution in [2.24, 2.45) is 5.92 Å². The van der Waals surface area contributed by atoms with E-state index in [1.54, 1.807) is 12.1 Å². The standard InChI is InChI=1S/C23H25NO5/c1-15-6-7-18(13-20(15)28-14-16-8-10-27-11-9-16)24-22(25)21-12-17-4-2-3-5-19(17)23(26)29-21/h2-7,13,16,21H,8-12,14H2,1H3,(H,24,25)/t21-/m0/s1. The van der Waals surface area contributed by atoms with Crippen LogP contribution < -0.4 is 10.1 Å². The molecule has 0 saturated carbocycles. The van der Waals surface area contributed by atoms with Crippen LogP contribution in [0.4, 0.5) is 5.69 Å².